The van der Waals surface area contributed by atoms with Gasteiger partial charge in [-0.25, -0.2) is 0 Å². The zero-order valence-corrected chi connectivity index (χ0v) is 6.87. The average Bonchev–Trinajstić information content (AvgIpc) is 2.18. The molecule has 0 saturated carbocycles. The lowest BCUT2D eigenvalue weighted by Crippen LogP contribution is -1.99. The first-order valence-corrected chi connectivity index (χ1v) is 3.89. The van der Waals surface area contributed by atoms with E-state index in [0.717, 1.165) is 11.1 Å². The number of hydrogen-bond acceptors (Lipinski definition) is 1. The Kier molecular flexibility index (Phi) is 1.64. The third-order valence-electron chi connectivity index (χ3n) is 1.93. The molecule has 0 amide bonds. The summed E-state index contributed by atoms with van der Waals surface area (Å²) in [6.45, 7) is 0. The van der Waals surface area contributed by atoms with E-state index in [1.807, 2.05) is 6.07 Å². The topological polar surface area (TPSA) is 32.9 Å². The smallest absolute Gasteiger partial charge is 0.189 e. The van der Waals surface area contributed by atoms with Crippen molar-refractivity contribution in [2.75, 3.05) is 0 Å². The highest BCUT2D eigenvalue weighted by atomic mass is 16.1. The van der Waals surface area contributed by atoms with Gasteiger partial charge in [0.1, 0.15) is 0 Å². The Morgan fingerprint density at radius 2 is 2.15 bits per heavy atom. The first-order chi connectivity index (χ1) is 6.31. The van der Waals surface area contributed by atoms with Crippen molar-refractivity contribution in [2.45, 2.75) is 0 Å². The zero-order chi connectivity index (χ0) is 9.26. The van der Waals surface area contributed by atoms with Crippen molar-refractivity contribution >= 4 is 10.9 Å². The summed E-state index contributed by atoms with van der Waals surface area (Å²) in [4.78, 5) is 14.3. The maximum atomic E-state index is 11.4. The Morgan fingerprint density at radius 3 is 2.92 bits per heavy atom. The van der Waals surface area contributed by atoms with Crippen molar-refractivity contribution in [2.24, 2.45) is 0 Å². The van der Waals surface area contributed by atoms with Gasteiger partial charge in [0.05, 0.1) is 0 Å². The summed E-state index contributed by atoms with van der Waals surface area (Å²) in [5.74, 6) is 2.49. The number of pyridine rings is 1. The second-order valence-corrected chi connectivity index (χ2v) is 2.75. The van der Waals surface area contributed by atoms with Crippen LogP contribution >= 0.6 is 0 Å². The lowest BCUT2D eigenvalue weighted by Gasteiger charge is -1.96. The molecule has 13 heavy (non-hydrogen) atoms. The van der Waals surface area contributed by atoms with E-state index in [9.17, 15) is 4.79 Å². The quantitative estimate of drug-likeness (QED) is 0.596. The van der Waals surface area contributed by atoms with Crippen LogP contribution in [0.4, 0.5) is 0 Å². The van der Waals surface area contributed by atoms with Gasteiger partial charge in [-0.1, -0.05) is 5.92 Å². The number of rotatable bonds is 0. The highest BCUT2D eigenvalue weighted by molar-refractivity contribution is 5.79. The van der Waals surface area contributed by atoms with Crippen molar-refractivity contribution in [1.82, 2.24) is 4.98 Å². The minimum atomic E-state index is -0.00847. The Morgan fingerprint density at radius 1 is 1.31 bits per heavy atom. The maximum Gasteiger partial charge on any atom is 0.189 e. The number of benzene rings is 1. The van der Waals surface area contributed by atoms with Gasteiger partial charge in [0.25, 0.3) is 0 Å². The van der Waals surface area contributed by atoms with Gasteiger partial charge in [-0.05, 0) is 18.2 Å². The van der Waals surface area contributed by atoms with Gasteiger partial charge in [0, 0.05) is 28.7 Å². The van der Waals surface area contributed by atoms with Gasteiger partial charge < -0.3 is 4.98 Å². The maximum absolute atomic E-state index is 11.4. The molecule has 0 aliphatic rings. The highest BCUT2D eigenvalue weighted by Gasteiger charge is 1.97. The van der Waals surface area contributed by atoms with Gasteiger partial charge in [0.2, 0.25) is 0 Å². The molecule has 0 spiro atoms. The van der Waals surface area contributed by atoms with Crippen molar-refractivity contribution in [3.63, 3.8) is 0 Å². The lowest BCUT2D eigenvalue weighted by atomic mass is 10.1. The molecule has 62 valence electrons. The summed E-state index contributed by atoms with van der Waals surface area (Å²) < 4.78 is 0. The average molecular weight is 169 g/mol. The van der Waals surface area contributed by atoms with Gasteiger partial charge in [-0.2, -0.15) is 0 Å². The third-order valence-corrected chi connectivity index (χ3v) is 1.93. The molecule has 1 N–H and O–H groups in total. The van der Waals surface area contributed by atoms with Crippen LogP contribution in [0.2, 0.25) is 0 Å². The molecule has 0 fully saturated rings. The second-order valence-electron chi connectivity index (χ2n) is 2.75. The SMILES string of the molecule is C#Cc1ccc2[nH]ccc(=O)c2c1. The molecular weight excluding hydrogens is 162 g/mol. The van der Waals surface area contributed by atoms with E-state index >= 15 is 0 Å². The number of nitrogens with one attached hydrogen (secondary N) is 1. The number of aromatic nitrogens is 1. The van der Waals surface area contributed by atoms with Crippen LogP contribution in [0.5, 0.6) is 0 Å². The summed E-state index contributed by atoms with van der Waals surface area (Å²) in [6.07, 6.45) is 6.85. The van der Waals surface area contributed by atoms with Crippen LogP contribution in [0.25, 0.3) is 10.9 Å². The minimum absolute atomic E-state index is 0.00847. The molecule has 0 unspecified atom stereocenters. The van der Waals surface area contributed by atoms with Crippen molar-refractivity contribution in [1.29, 1.82) is 0 Å². The number of hydrogen-bond donors (Lipinski definition) is 1. The molecule has 0 aliphatic carbocycles. The molecule has 1 heterocycles. The minimum Gasteiger partial charge on any atom is -0.361 e. The van der Waals surface area contributed by atoms with Gasteiger partial charge >= 0.3 is 0 Å². The molecule has 1 aromatic heterocycles. The monoisotopic (exact) mass is 169 g/mol. The number of H-pyrrole nitrogens is 1. The fourth-order valence-corrected chi connectivity index (χ4v) is 1.26. The highest BCUT2D eigenvalue weighted by Crippen LogP contribution is 2.08. The molecule has 2 nitrogen and oxygen atoms in total. The molecule has 2 heteroatoms. The predicted octanol–water partition coefficient (Wildman–Crippen LogP) is 1.51. The fraction of sp³-hybridized carbons (Fsp3) is 0. The van der Waals surface area contributed by atoms with E-state index < -0.39 is 0 Å². The molecule has 2 aromatic rings. The van der Waals surface area contributed by atoms with E-state index in [4.69, 9.17) is 6.42 Å². The van der Waals surface area contributed by atoms with E-state index in [2.05, 4.69) is 10.9 Å². The number of fused-ring (bicyclic) bond motifs is 1. The van der Waals surface area contributed by atoms with Gasteiger partial charge in [-0.15, -0.1) is 6.42 Å². The Balaban J connectivity index is 2.92. The molecule has 0 saturated heterocycles. The largest absolute Gasteiger partial charge is 0.361 e. The summed E-state index contributed by atoms with van der Waals surface area (Å²) in [6, 6.07) is 6.82. The van der Waals surface area contributed by atoms with Gasteiger partial charge in [-0.3, -0.25) is 4.79 Å². The molecule has 0 aliphatic heterocycles. The van der Waals surface area contributed by atoms with Crippen LogP contribution in [0.3, 0.4) is 0 Å². The first-order valence-electron chi connectivity index (χ1n) is 3.89. The Hall–Kier alpha value is -2.01. The second kappa shape index (κ2) is 2.80. The molecular formula is C11H7NO. The standard InChI is InChI=1S/C11H7NO/c1-2-8-3-4-10-9(7-8)11(13)5-6-12-10/h1,3-7H,(H,12,13). The van der Waals surface area contributed by atoms with Crippen LogP contribution in [0.1, 0.15) is 5.56 Å². The zero-order valence-electron chi connectivity index (χ0n) is 6.87. The van der Waals surface area contributed by atoms with E-state index in [-0.39, 0.29) is 5.43 Å². The molecule has 0 radical (unpaired) electrons. The van der Waals surface area contributed by atoms with Crippen LogP contribution in [0, 0.1) is 12.3 Å². The molecule has 1 aromatic carbocycles. The van der Waals surface area contributed by atoms with Crippen LogP contribution in [-0.4, -0.2) is 4.98 Å². The van der Waals surface area contributed by atoms with E-state index in [1.165, 1.54) is 6.07 Å². The van der Waals surface area contributed by atoms with Crippen molar-refractivity contribution < 1.29 is 0 Å². The number of terminal acetylenes is 1. The van der Waals surface area contributed by atoms with Crippen LogP contribution in [0.15, 0.2) is 35.3 Å². The summed E-state index contributed by atoms with van der Waals surface area (Å²) in [5, 5.41) is 0.637. The molecule has 2 rings (SSSR count). The predicted molar refractivity (Wildman–Crippen MR) is 52.5 cm³/mol. The first kappa shape index (κ1) is 7.63. The Bertz CT molecular complexity index is 546. The van der Waals surface area contributed by atoms with E-state index in [0.29, 0.717) is 5.39 Å². The molecule has 0 atom stereocenters. The summed E-state index contributed by atoms with van der Waals surface area (Å²) in [7, 11) is 0. The fourth-order valence-electron chi connectivity index (χ4n) is 1.26. The Labute approximate surface area is 75.2 Å². The summed E-state index contributed by atoms with van der Waals surface area (Å²) in [5.41, 5.74) is 1.53. The number of aromatic amines is 1. The molecule has 0 bridgehead atoms. The lowest BCUT2D eigenvalue weighted by molar-refractivity contribution is 1.39. The van der Waals surface area contributed by atoms with Gasteiger partial charge in [0.15, 0.2) is 5.43 Å². The van der Waals surface area contributed by atoms with Crippen LogP contribution < -0.4 is 5.43 Å². The van der Waals surface area contributed by atoms with Crippen molar-refractivity contribution in [3.8, 4) is 12.3 Å². The van der Waals surface area contributed by atoms with E-state index in [1.54, 1.807) is 18.3 Å². The normalized spacial score (nSPS) is 9.77. The third kappa shape index (κ3) is 1.21. The summed E-state index contributed by atoms with van der Waals surface area (Å²) >= 11 is 0. The van der Waals surface area contributed by atoms with Crippen LogP contribution in [-0.2, 0) is 0 Å². The van der Waals surface area contributed by atoms with Crippen molar-refractivity contribution in [3.05, 3.63) is 46.2 Å².